The Labute approximate surface area is 135 Å². The number of fused-ring (bicyclic) bond motifs is 1. The molecule has 1 aromatic carbocycles. The molecule has 3 aromatic rings. The Morgan fingerprint density at radius 2 is 2.04 bits per heavy atom. The third kappa shape index (κ3) is 3.10. The second-order valence-corrected chi connectivity index (χ2v) is 6.38. The molecule has 1 fully saturated rings. The first-order valence-electron chi connectivity index (χ1n) is 8.12. The number of aromatic nitrogens is 3. The average molecular weight is 308 g/mol. The topological polar surface area (TPSA) is 55.1 Å². The summed E-state index contributed by atoms with van der Waals surface area (Å²) in [5.74, 6) is 1.29. The third-order valence-electron chi connectivity index (χ3n) is 4.63. The zero-order valence-electron chi connectivity index (χ0n) is 13.3. The molecule has 1 aliphatic heterocycles. The molecule has 4 rings (SSSR count). The van der Waals surface area contributed by atoms with Gasteiger partial charge in [-0.2, -0.15) is 4.98 Å². The van der Waals surface area contributed by atoms with Crippen LogP contribution in [0.4, 0.5) is 0 Å². The largest absolute Gasteiger partial charge is 0.343 e. The fraction of sp³-hybridized carbons (Fsp3) is 0.389. The summed E-state index contributed by atoms with van der Waals surface area (Å²) in [4.78, 5) is 11.3. The van der Waals surface area contributed by atoms with Gasteiger partial charge in [0.1, 0.15) is 0 Å². The van der Waals surface area contributed by atoms with E-state index in [1.165, 1.54) is 22.9 Å². The van der Waals surface area contributed by atoms with Crippen molar-refractivity contribution in [1.29, 1.82) is 0 Å². The summed E-state index contributed by atoms with van der Waals surface area (Å²) in [7, 11) is 0. The van der Waals surface area contributed by atoms with Crippen LogP contribution in [0, 0.1) is 6.92 Å². The molecule has 0 bridgehead atoms. The molecule has 1 saturated heterocycles. The van der Waals surface area contributed by atoms with E-state index in [0.29, 0.717) is 5.92 Å². The van der Waals surface area contributed by atoms with Crippen LogP contribution in [0.1, 0.15) is 35.7 Å². The Morgan fingerprint density at radius 1 is 1.17 bits per heavy atom. The lowest BCUT2D eigenvalue weighted by atomic mass is 9.96. The molecule has 5 nitrogen and oxygen atoms in total. The molecule has 118 valence electrons. The van der Waals surface area contributed by atoms with Crippen LogP contribution in [0.5, 0.6) is 0 Å². The van der Waals surface area contributed by atoms with E-state index in [9.17, 15) is 0 Å². The zero-order valence-corrected chi connectivity index (χ0v) is 13.3. The quantitative estimate of drug-likeness (QED) is 0.743. The Hall–Kier alpha value is -2.27. The van der Waals surface area contributed by atoms with E-state index in [2.05, 4.69) is 51.2 Å². The Kier molecular flexibility index (Phi) is 3.79. The number of hydrogen-bond acceptors (Lipinski definition) is 5. The third-order valence-corrected chi connectivity index (χ3v) is 4.63. The van der Waals surface area contributed by atoms with E-state index in [4.69, 9.17) is 4.52 Å². The lowest BCUT2D eigenvalue weighted by molar-refractivity contribution is 0.200. The second-order valence-electron chi connectivity index (χ2n) is 6.38. The summed E-state index contributed by atoms with van der Waals surface area (Å²) in [6.45, 7) is 5.20. The monoisotopic (exact) mass is 308 g/mol. The SMILES string of the molecule is Cc1ccc2ncc(CN3CCC(c4ncon4)CC3)cc2c1. The molecular formula is C18H20N4O. The van der Waals surface area contributed by atoms with Crippen LogP contribution in [0.25, 0.3) is 10.9 Å². The van der Waals surface area contributed by atoms with Gasteiger partial charge in [0.25, 0.3) is 0 Å². The molecule has 0 amide bonds. The van der Waals surface area contributed by atoms with Gasteiger partial charge in [0.2, 0.25) is 6.39 Å². The Balaban J connectivity index is 1.43. The molecule has 0 saturated carbocycles. The van der Waals surface area contributed by atoms with Crippen molar-refractivity contribution in [3.63, 3.8) is 0 Å². The smallest absolute Gasteiger partial charge is 0.213 e. The first-order chi connectivity index (χ1) is 11.3. The van der Waals surface area contributed by atoms with Crippen LogP contribution >= 0.6 is 0 Å². The van der Waals surface area contributed by atoms with E-state index in [0.717, 1.165) is 43.8 Å². The van der Waals surface area contributed by atoms with Crippen molar-refractivity contribution in [2.24, 2.45) is 0 Å². The molecule has 23 heavy (non-hydrogen) atoms. The normalized spacial score (nSPS) is 16.9. The molecule has 0 unspecified atom stereocenters. The maximum absolute atomic E-state index is 4.86. The van der Waals surface area contributed by atoms with Crippen molar-refractivity contribution >= 4 is 10.9 Å². The second kappa shape index (κ2) is 6.08. The molecular weight excluding hydrogens is 288 g/mol. The molecule has 0 radical (unpaired) electrons. The number of hydrogen-bond donors (Lipinski definition) is 0. The number of aryl methyl sites for hydroxylation is 1. The average Bonchev–Trinajstić information content (AvgIpc) is 3.10. The molecule has 2 aromatic heterocycles. The fourth-order valence-electron chi connectivity index (χ4n) is 3.35. The van der Waals surface area contributed by atoms with Gasteiger partial charge in [-0.15, -0.1) is 0 Å². The minimum absolute atomic E-state index is 0.433. The Bertz CT molecular complexity index is 792. The van der Waals surface area contributed by atoms with Gasteiger partial charge < -0.3 is 4.52 Å². The summed E-state index contributed by atoms with van der Waals surface area (Å²) in [5.41, 5.74) is 3.62. The molecule has 0 atom stereocenters. The standard InChI is InChI=1S/C18H20N4O/c1-13-2-3-17-16(8-13)9-14(10-19-17)11-22-6-4-15(5-7-22)18-20-12-23-21-18/h2-3,8-10,12,15H,4-7,11H2,1H3. The van der Waals surface area contributed by atoms with E-state index >= 15 is 0 Å². The number of benzene rings is 1. The van der Waals surface area contributed by atoms with Crippen LogP contribution in [-0.2, 0) is 6.54 Å². The maximum atomic E-state index is 4.86. The van der Waals surface area contributed by atoms with Gasteiger partial charge >= 0.3 is 0 Å². The number of nitrogens with zero attached hydrogens (tertiary/aromatic N) is 4. The summed E-state index contributed by atoms with van der Waals surface area (Å²) in [6, 6.07) is 8.66. The molecule has 0 spiro atoms. The van der Waals surface area contributed by atoms with Gasteiger partial charge in [-0.1, -0.05) is 16.8 Å². The van der Waals surface area contributed by atoms with Crippen molar-refractivity contribution in [1.82, 2.24) is 20.0 Å². The van der Waals surface area contributed by atoms with E-state index in [1.807, 2.05) is 6.20 Å². The van der Waals surface area contributed by atoms with Gasteiger partial charge in [-0.05, 0) is 56.6 Å². The van der Waals surface area contributed by atoms with Crippen LogP contribution in [0.15, 0.2) is 41.4 Å². The predicted molar refractivity (Wildman–Crippen MR) is 88.0 cm³/mol. The Morgan fingerprint density at radius 3 is 2.83 bits per heavy atom. The van der Waals surface area contributed by atoms with Gasteiger partial charge in [-0.3, -0.25) is 9.88 Å². The minimum Gasteiger partial charge on any atom is -0.343 e. The lowest BCUT2D eigenvalue weighted by Gasteiger charge is -2.30. The highest BCUT2D eigenvalue weighted by molar-refractivity contribution is 5.79. The van der Waals surface area contributed by atoms with Crippen LogP contribution < -0.4 is 0 Å². The van der Waals surface area contributed by atoms with Gasteiger partial charge in [0.05, 0.1) is 5.52 Å². The van der Waals surface area contributed by atoms with Crippen molar-refractivity contribution in [2.45, 2.75) is 32.2 Å². The predicted octanol–water partition coefficient (Wildman–Crippen LogP) is 3.31. The molecule has 3 heterocycles. The van der Waals surface area contributed by atoms with E-state index in [-0.39, 0.29) is 0 Å². The first kappa shape index (κ1) is 14.3. The highest BCUT2D eigenvalue weighted by atomic mass is 16.5. The van der Waals surface area contributed by atoms with Crippen LogP contribution in [0.2, 0.25) is 0 Å². The van der Waals surface area contributed by atoms with E-state index in [1.54, 1.807) is 0 Å². The lowest BCUT2D eigenvalue weighted by Crippen LogP contribution is -2.32. The fourth-order valence-corrected chi connectivity index (χ4v) is 3.35. The highest BCUT2D eigenvalue weighted by Crippen LogP contribution is 2.26. The van der Waals surface area contributed by atoms with Crippen molar-refractivity contribution < 1.29 is 4.52 Å². The summed E-state index contributed by atoms with van der Waals surface area (Å²) < 4.78 is 4.86. The van der Waals surface area contributed by atoms with Gasteiger partial charge in [0, 0.05) is 24.0 Å². The maximum Gasteiger partial charge on any atom is 0.213 e. The molecule has 0 aliphatic carbocycles. The van der Waals surface area contributed by atoms with Crippen molar-refractivity contribution in [3.05, 3.63) is 53.8 Å². The van der Waals surface area contributed by atoms with Gasteiger partial charge in [0.15, 0.2) is 5.82 Å². The summed E-state index contributed by atoms with van der Waals surface area (Å²) in [5, 5.41) is 5.20. The minimum atomic E-state index is 0.433. The van der Waals surface area contributed by atoms with Gasteiger partial charge in [-0.25, -0.2) is 0 Å². The summed E-state index contributed by atoms with van der Waals surface area (Å²) in [6.07, 6.45) is 5.59. The molecule has 5 heteroatoms. The molecule has 1 aliphatic rings. The number of pyridine rings is 1. The highest BCUT2D eigenvalue weighted by Gasteiger charge is 2.23. The summed E-state index contributed by atoms with van der Waals surface area (Å²) >= 11 is 0. The number of piperidine rings is 1. The van der Waals surface area contributed by atoms with Crippen molar-refractivity contribution in [2.75, 3.05) is 13.1 Å². The first-order valence-corrected chi connectivity index (χ1v) is 8.12. The van der Waals surface area contributed by atoms with Crippen molar-refractivity contribution in [3.8, 4) is 0 Å². The zero-order chi connectivity index (χ0) is 15.6. The number of likely N-dealkylation sites (tertiary alicyclic amines) is 1. The number of rotatable bonds is 3. The van der Waals surface area contributed by atoms with E-state index < -0.39 is 0 Å². The van der Waals surface area contributed by atoms with Crippen LogP contribution in [0.3, 0.4) is 0 Å². The molecule has 0 N–H and O–H groups in total. The van der Waals surface area contributed by atoms with Crippen LogP contribution in [-0.4, -0.2) is 33.1 Å².